The molecule has 186 valence electrons. The summed E-state index contributed by atoms with van der Waals surface area (Å²) in [6.45, 7) is 0. The second-order valence-corrected chi connectivity index (χ2v) is 10.2. The summed E-state index contributed by atoms with van der Waals surface area (Å²) in [6, 6.07) is 20.5. The molecule has 5 rings (SSSR count). The lowest BCUT2D eigenvalue weighted by molar-refractivity contribution is 0.0988. The Morgan fingerprint density at radius 1 is 1.00 bits per heavy atom. The van der Waals surface area contributed by atoms with E-state index < -0.39 is 21.7 Å². The molecule has 0 saturated carbocycles. The van der Waals surface area contributed by atoms with Gasteiger partial charge < -0.3 is 4.90 Å². The van der Waals surface area contributed by atoms with E-state index in [2.05, 4.69) is 14.7 Å². The molecule has 3 aromatic carbocycles. The third-order valence-corrected chi connectivity index (χ3v) is 7.22. The molecule has 0 saturated heterocycles. The van der Waals surface area contributed by atoms with Gasteiger partial charge >= 0.3 is 0 Å². The van der Waals surface area contributed by atoms with Crippen molar-refractivity contribution in [2.24, 2.45) is 0 Å². The number of fused-ring (bicyclic) bond motifs is 1. The third kappa shape index (κ3) is 4.89. The van der Waals surface area contributed by atoms with Crippen LogP contribution in [0.25, 0.3) is 17.0 Å². The van der Waals surface area contributed by atoms with E-state index in [4.69, 9.17) is 11.6 Å². The fraction of sp³-hybridized carbons (Fsp3) is 0.0385. The van der Waals surface area contributed by atoms with E-state index in [-0.39, 0.29) is 22.1 Å². The van der Waals surface area contributed by atoms with E-state index in [9.17, 15) is 17.6 Å². The smallest absolute Gasteiger partial charge is 0.277 e. The van der Waals surface area contributed by atoms with Crippen LogP contribution in [0.1, 0.15) is 10.5 Å². The van der Waals surface area contributed by atoms with Crippen LogP contribution in [-0.4, -0.2) is 35.7 Å². The number of nitrogens with one attached hydrogen (secondary N) is 1. The summed E-state index contributed by atoms with van der Waals surface area (Å²) in [5.74, 6) is -0.829. The van der Waals surface area contributed by atoms with Gasteiger partial charge in [0.05, 0.1) is 6.20 Å². The molecule has 0 atom stereocenters. The highest BCUT2D eigenvalue weighted by molar-refractivity contribution is 7.92. The SMILES string of the molecule is CN(C(=O)c1c(-c2ccc(F)cc2)nc2ncc(S(=O)(=O)Nc3ccccc3)cn12)c1ccc(Cl)cc1. The van der Waals surface area contributed by atoms with Crippen LogP contribution >= 0.6 is 11.6 Å². The Kier molecular flexibility index (Phi) is 6.36. The fourth-order valence-electron chi connectivity index (χ4n) is 3.73. The number of aromatic nitrogens is 3. The van der Waals surface area contributed by atoms with Gasteiger partial charge in [0.25, 0.3) is 15.9 Å². The zero-order valence-electron chi connectivity index (χ0n) is 19.3. The Bertz CT molecular complexity index is 1710. The number of hydrogen-bond acceptors (Lipinski definition) is 5. The van der Waals surface area contributed by atoms with E-state index in [1.165, 1.54) is 46.0 Å². The highest BCUT2D eigenvalue weighted by Gasteiger charge is 2.27. The molecule has 0 unspecified atom stereocenters. The normalized spacial score (nSPS) is 11.4. The minimum Gasteiger partial charge on any atom is -0.310 e. The first-order chi connectivity index (χ1) is 17.7. The fourth-order valence-corrected chi connectivity index (χ4v) is 4.86. The minimum atomic E-state index is -4.04. The number of nitrogens with zero attached hydrogens (tertiary/aromatic N) is 4. The number of carbonyl (C=O) groups is 1. The van der Waals surface area contributed by atoms with Gasteiger partial charge in [0.2, 0.25) is 5.78 Å². The van der Waals surface area contributed by atoms with Crippen molar-refractivity contribution in [2.75, 3.05) is 16.7 Å². The summed E-state index contributed by atoms with van der Waals surface area (Å²) in [5.41, 5.74) is 1.68. The van der Waals surface area contributed by atoms with Crippen LogP contribution < -0.4 is 9.62 Å². The quantitative estimate of drug-likeness (QED) is 0.320. The predicted molar refractivity (Wildman–Crippen MR) is 140 cm³/mol. The number of carbonyl (C=O) groups excluding carboxylic acids is 1. The zero-order valence-corrected chi connectivity index (χ0v) is 20.9. The number of rotatable bonds is 6. The molecule has 0 fully saturated rings. The topological polar surface area (TPSA) is 96.7 Å². The molecule has 0 spiro atoms. The maximum atomic E-state index is 13.8. The van der Waals surface area contributed by atoms with E-state index in [1.54, 1.807) is 61.6 Å². The molecule has 0 aliphatic rings. The first-order valence-electron chi connectivity index (χ1n) is 11.0. The van der Waals surface area contributed by atoms with Gasteiger partial charge in [-0.15, -0.1) is 0 Å². The van der Waals surface area contributed by atoms with Crippen molar-refractivity contribution < 1.29 is 17.6 Å². The first-order valence-corrected chi connectivity index (χ1v) is 12.8. The van der Waals surface area contributed by atoms with Crippen LogP contribution in [0.3, 0.4) is 0 Å². The van der Waals surface area contributed by atoms with E-state index in [0.29, 0.717) is 22.0 Å². The van der Waals surface area contributed by atoms with Crippen molar-refractivity contribution in [3.8, 4) is 11.3 Å². The summed E-state index contributed by atoms with van der Waals surface area (Å²) < 4.78 is 43.6. The number of benzene rings is 3. The lowest BCUT2D eigenvalue weighted by Crippen LogP contribution is -2.28. The second-order valence-electron chi connectivity index (χ2n) is 8.09. The number of amides is 1. The summed E-state index contributed by atoms with van der Waals surface area (Å²) in [7, 11) is -2.46. The van der Waals surface area contributed by atoms with Crippen LogP contribution in [0.4, 0.5) is 15.8 Å². The van der Waals surface area contributed by atoms with Gasteiger partial charge in [-0.2, -0.15) is 0 Å². The van der Waals surface area contributed by atoms with E-state index >= 15 is 0 Å². The van der Waals surface area contributed by atoms with Gasteiger partial charge in [-0.25, -0.2) is 22.8 Å². The van der Waals surface area contributed by atoms with Crippen LogP contribution in [0.15, 0.2) is 96.2 Å². The summed E-state index contributed by atoms with van der Waals surface area (Å²) >= 11 is 5.99. The van der Waals surface area contributed by atoms with Crippen molar-refractivity contribution >= 4 is 44.7 Å². The maximum Gasteiger partial charge on any atom is 0.277 e. The highest BCUT2D eigenvalue weighted by Crippen LogP contribution is 2.28. The van der Waals surface area contributed by atoms with Gasteiger partial charge in [0.1, 0.15) is 22.1 Å². The number of hydrogen-bond donors (Lipinski definition) is 1. The molecule has 1 N–H and O–H groups in total. The minimum absolute atomic E-state index is 0.0586. The second kappa shape index (κ2) is 9.64. The van der Waals surface area contributed by atoms with Crippen LogP contribution in [0.5, 0.6) is 0 Å². The molecule has 8 nitrogen and oxygen atoms in total. The number of anilines is 2. The Morgan fingerprint density at radius 3 is 2.35 bits per heavy atom. The van der Waals surface area contributed by atoms with Crippen molar-refractivity contribution in [1.29, 1.82) is 0 Å². The lowest BCUT2D eigenvalue weighted by atomic mass is 10.1. The van der Waals surface area contributed by atoms with Gasteiger partial charge in [-0.1, -0.05) is 29.8 Å². The molecule has 0 aliphatic heterocycles. The van der Waals surface area contributed by atoms with Crippen molar-refractivity contribution in [3.63, 3.8) is 0 Å². The van der Waals surface area contributed by atoms with Crippen LogP contribution in [0, 0.1) is 5.82 Å². The van der Waals surface area contributed by atoms with Crippen molar-refractivity contribution in [3.05, 3.63) is 108 Å². The molecular weight excluding hydrogens is 517 g/mol. The Labute approximate surface area is 217 Å². The highest BCUT2D eigenvalue weighted by atomic mass is 35.5. The standard InChI is InChI=1S/C26H19ClFN5O3S/c1-32(21-13-9-18(27)10-14-21)25(34)24-23(17-7-11-19(28)12-8-17)30-26-29-15-22(16-33(24)26)37(35,36)31-20-5-3-2-4-6-20/h2-16,31H,1H3. The van der Waals surface area contributed by atoms with Crippen LogP contribution in [-0.2, 0) is 10.0 Å². The third-order valence-electron chi connectivity index (χ3n) is 5.63. The molecule has 2 aromatic heterocycles. The predicted octanol–water partition coefficient (Wildman–Crippen LogP) is 5.27. The van der Waals surface area contributed by atoms with Crippen molar-refractivity contribution in [2.45, 2.75) is 4.90 Å². The average molecular weight is 536 g/mol. The molecule has 0 bridgehead atoms. The molecule has 0 radical (unpaired) electrons. The molecule has 11 heteroatoms. The zero-order chi connectivity index (χ0) is 26.2. The largest absolute Gasteiger partial charge is 0.310 e. The van der Waals surface area contributed by atoms with Crippen LogP contribution in [0.2, 0.25) is 5.02 Å². The molecule has 37 heavy (non-hydrogen) atoms. The number of halogens is 2. The van der Waals surface area contributed by atoms with Gasteiger partial charge in [0.15, 0.2) is 0 Å². The number of imidazole rings is 1. The monoisotopic (exact) mass is 535 g/mol. The van der Waals surface area contributed by atoms with Gasteiger partial charge in [-0.05, 0) is 60.7 Å². The Balaban J connectivity index is 1.66. The molecule has 1 amide bonds. The molecule has 0 aliphatic carbocycles. The average Bonchev–Trinajstić information content (AvgIpc) is 3.28. The summed E-state index contributed by atoms with van der Waals surface area (Å²) in [4.78, 5) is 23.7. The Hall–Kier alpha value is -4.28. The first kappa shape index (κ1) is 24.4. The van der Waals surface area contributed by atoms with Gasteiger partial charge in [0, 0.05) is 35.2 Å². The number of para-hydroxylation sites is 1. The summed E-state index contributed by atoms with van der Waals surface area (Å²) in [6.07, 6.45) is 2.45. The molecule has 5 aromatic rings. The Morgan fingerprint density at radius 2 is 1.68 bits per heavy atom. The lowest BCUT2D eigenvalue weighted by Gasteiger charge is -2.18. The molecule has 2 heterocycles. The molecular formula is C26H19ClFN5O3S. The van der Waals surface area contributed by atoms with E-state index in [1.807, 2.05) is 0 Å². The maximum absolute atomic E-state index is 13.8. The number of sulfonamides is 1. The van der Waals surface area contributed by atoms with Gasteiger partial charge in [-0.3, -0.25) is 13.9 Å². The summed E-state index contributed by atoms with van der Waals surface area (Å²) in [5, 5.41) is 0.511. The van der Waals surface area contributed by atoms with E-state index in [0.717, 1.165) is 0 Å². The van der Waals surface area contributed by atoms with Crippen molar-refractivity contribution in [1.82, 2.24) is 14.4 Å².